The lowest BCUT2D eigenvalue weighted by molar-refractivity contribution is -0.127. The molecule has 0 bridgehead atoms. The second kappa shape index (κ2) is 12.6. The molecule has 1 aliphatic rings. The molecule has 2 heterocycles. The molecule has 8 heteroatoms. The molecule has 1 aromatic rings. The maximum absolute atomic E-state index is 12.0. The Bertz CT molecular complexity index is 575. The number of aliphatic imine (C=N–C) groups is 1. The maximum Gasteiger partial charge on any atom is 0.243 e. The second-order valence-corrected chi connectivity index (χ2v) is 7.83. The molecule has 0 spiro atoms. The van der Waals surface area contributed by atoms with Gasteiger partial charge in [-0.2, -0.15) is 0 Å². The third-order valence-electron chi connectivity index (χ3n) is 4.89. The van der Waals surface area contributed by atoms with Gasteiger partial charge in [-0.05, 0) is 37.4 Å². The zero-order valence-corrected chi connectivity index (χ0v) is 20.1. The highest BCUT2D eigenvalue weighted by Crippen LogP contribution is 2.16. The summed E-state index contributed by atoms with van der Waals surface area (Å²) >= 11 is 1.78. The number of guanidine groups is 1. The van der Waals surface area contributed by atoms with E-state index in [9.17, 15) is 4.79 Å². The molecule has 1 aromatic heterocycles. The van der Waals surface area contributed by atoms with Crippen LogP contribution in [0.1, 0.15) is 25.1 Å². The lowest BCUT2D eigenvalue weighted by Gasteiger charge is -2.27. The molecular weight excluding hydrogens is 473 g/mol. The smallest absolute Gasteiger partial charge is 0.243 e. The van der Waals surface area contributed by atoms with Crippen molar-refractivity contribution in [1.82, 2.24) is 20.0 Å². The normalized spacial score (nSPS) is 17.1. The molecule has 27 heavy (non-hydrogen) atoms. The maximum atomic E-state index is 12.0. The molecule has 2 rings (SSSR count). The molecule has 1 aliphatic heterocycles. The number of rotatable bonds is 8. The number of nitrogens with one attached hydrogen (secondary N) is 1. The fourth-order valence-electron chi connectivity index (χ4n) is 3.28. The van der Waals surface area contributed by atoms with Crippen LogP contribution in [-0.4, -0.2) is 86.0 Å². The Morgan fingerprint density at radius 2 is 2.11 bits per heavy atom. The van der Waals surface area contributed by atoms with Crippen LogP contribution >= 0.6 is 35.3 Å². The number of hydrogen-bond donors (Lipinski definition) is 1. The number of carbonyl (C=O) groups is 1. The van der Waals surface area contributed by atoms with Crippen molar-refractivity contribution >= 4 is 47.2 Å². The van der Waals surface area contributed by atoms with Gasteiger partial charge in [0.1, 0.15) is 6.54 Å². The van der Waals surface area contributed by atoms with Crippen LogP contribution in [0.15, 0.2) is 22.5 Å². The topological polar surface area (TPSA) is 51.2 Å². The van der Waals surface area contributed by atoms with E-state index in [4.69, 9.17) is 0 Å². The number of likely N-dealkylation sites (N-methyl/N-ethyl adjacent to an activating group) is 2. The number of thiophene rings is 1. The number of halogens is 1. The molecule has 1 N–H and O–H groups in total. The van der Waals surface area contributed by atoms with Gasteiger partial charge in [-0.1, -0.05) is 19.9 Å². The van der Waals surface area contributed by atoms with Crippen LogP contribution in [0, 0.1) is 0 Å². The van der Waals surface area contributed by atoms with Gasteiger partial charge in [0.25, 0.3) is 0 Å². The van der Waals surface area contributed by atoms with Gasteiger partial charge in [0.15, 0.2) is 5.96 Å². The first-order valence-corrected chi connectivity index (χ1v) is 10.4. The molecule has 0 radical (unpaired) electrons. The van der Waals surface area contributed by atoms with Gasteiger partial charge in [0.2, 0.25) is 5.91 Å². The van der Waals surface area contributed by atoms with Gasteiger partial charge >= 0.3 is 0 Å². The number of amides is 1. The van der Waals surface area contributed by atoms with Crippen molar-refractivity contribution in [1.29, 1.82) is 0 Å². The first-order chi connectivity index (χ1) is 12.5. The molecule has 1 unspecified atom stereocenters. The molecule has 1 fully saturated rings. The van der Waals surface area contributed by atoms with E-state index in [1.54, 1.807) is 30.3 Å². The second-order valence-electron chi connectivity index (χ2n) is 6.79. The lowest BCUT2D eigenvalue weighted by Crippen LogP contribution is -2.44. The predicted molar refractivity (Wildman–Crippen MR) is 125 cm³/mol. The van der Waals surface area contributed by atoms with Crippen molar-refractivity contribution in [2.24, 2.45) is 4.99 Å². The van der Waals surface area contributed by atoms with Crippen molar-refractivity contribution < 1.29 is 4.79 Å². The first-order valence-electron chi connectivity index (χ1n) is 9.55. The van der Waals surface area contributed by atoms with E-state index in [-0.39, 0.29) is 36.4 Å². The molecule has 0 aliphatic carbocycles. The molecule has 0 aromatic carbocycles. The van der Waals surface area contributed by atoms with Crippen LogP contribution < -0.4 is 5.32 Å². The van der Waals surface area contributed by atoms with Crippen LogP contribution in [0.4, 0.5) is 0 Å². The minimum atomic E-state index is 0. The SMILES string of the molecule is CCN(CC)C1CCN(C(=NCC(=O)N(C)C)NCCc2cccs2)C1.I. The van der Waals surface area contributed by atoms with Crippen LogP contribution in [0.3, 0.4) is 0 Å². The summed E-state index contributed by atoms with van der Waals surface area (Å²) in [6.45, 7) is 9.58. The highest BCUT2D eigenvalue weighted by atomic mass is 127. The Labute approximate surface area is 185 Å². The van der Waals surface area contributed by atoms with Crippen molar-refractivity contribution in [3.05, 3.63) is 22.4 Å². The first kappa shape index (κ1) is 24.2. The number of hydrogen-bond acceptors (Lipinski definition) is 4. The highest BCUT2D eigenvalue weighted by Gasteiger charge is 2.28. The van der Waals surface area contributed by atoms with E-state index < -0.39 is 0 Å². The zero-order valence-electron chi connectivity index (χ0n) is 17.0. The quantitative estimate of drug-likeness (QED) is 0.334. The van der Waals surface area contributed by atoms with Gasteiger partial charge in [-0.3, -0.25) is 9.69 Å². The highest BCUT2D eigenvalue weighted by molar-refractivity contribution is 14.0. The van der Waals surface area contributed by atoms with Crippen molar-refractivity contribution in [2.45, 2.75) is 32.7 Å². The van der Waals surface area contributed by atoms with Crippen LogP contribution in [0.25, 0.3) is 0 Å². The van der Waals surface area contributed by atoms with Gasteiger partial charge < -0.3 is 15.1 Å². The monoisotopic (exact) mass is 507 g/mol. The van der Waals surface area contributed by atoms with Crippen LogP contribution in [0.5, 0.6) is 0 Å². The molecular formula is C19H34IN5OS. The summed E-state index contributed by atoms with van der Waals surface area (Å²) in [6, 6.07) is 4.81. The molecule has 1 amide bonds. The summed E-state index contributed by atoms with van der Waals surface area (Å²) in [5.74, 6) is 0.897. The third kappa shape index (κ3) is 7.57. The summed E-state index contributed by atoms with van der Waals surface area (Å²) < 4.78 is 0. The van der Waals surface area contributed by atoms with E-state index in [0.29, 0.717) is 6.04 Å². The number of carbonyl (C=O) groups excluding carboxylic acids is 1. The summed E-state index contributed by atoms with van der Waals surface area (Å²) in [5, 5.41) is 5.59. The largest absolute Gasteiger partial charge is 0.356 e. The minimum absolute atomic E-state index is 0. The third-order valence-corrected chi connectivity index (χ3v) is 5.83. The Balaban J connectivity index is 0.00000364. The molecule has 154 valence electrons. The fourth-order valence-corrected chi connectivity index (χ4v) is 3.99. The van der Waals surface area contributed by atoms with Gasteiger partial charge in [-0.15, -0.1) is 35.3 Å². The molecule has 1 atom stereocenters. The predicted octanol–water partition coefficient (Wildman–Crippen LogP) is 2.36. The van der Waals surface area contributed by atoms with E-state index >= 15 is 0 Å². The Kier molecular flexibility index (Phi) is 11.2. The Morgan fingerprint density at radius 3 is 2.70 bits per heavy atom. The van der Waals surface area contributed by atoms with Crippen LogP contribution in [0.2, 0.25) is 0 Å². The standard InChI is InChI=1S/C19H33N5OS.HI/c1-5-23(6-2)16-10-12-24(15-16)19(21-14-18(25)22(3)4)20-11-9-17-8-7-13-26-17;/h7-8,13,16H,5-6,9-12,14-15H2,1-4H3,(H,20,21);1H. The summed E-state index contributed by atoms with van der Waals surface area (Å²) in [7, 11) is 3.54. The lowest BCUT2D eigenvalue weighted by atomic mass is 10.2. The summed E-state index contributed by atoms with van der Waals surface area (Å²) in [6.07, 6.45) is 2.13. The average molecular weight is 507 g/mol. The fraction of sp³-hybridized carbons (Fsp3) is 0.684. The van der Waals surface area contributed by atoms with Gasteiger partial charge in [0.05, 0.1) is 0 Å². The van der Waals surface area contributed by atoms with E-state index in [2.05, 4.69) is 51.5 Å². The molecule has 6 nitrogen and oxygen atoms in total. The average Bonchev–Trinajstić information content (AvgIpc) is 3.30. The summed E-state index contributed by atoms with van der Waals surface area (Å²) in [4.78, 5) is 24.3. The Hall–Kier alpha value is -0.870. The summed E-state index contributed by atoms with van der Waals surface area (Å²) in [5.41, 5.74) is 0. The minimum Gasteiger partial charge on any atom is -0.356 e. The van der Waals surface area contributed by atoms with Crippen molar-refractivity contribution in [3.63, 3.8) is 0 Å². The number of nitrogens with zero attached hydrogens (tertiary/aromatic N) is 4. The number of likely N-dealkylation sites (tertiary alicyclic amines) is 1. The molecule has 0 saturated carbocycles. The zero-order chi connectivity index (χ0) is 18.9. The van der Waals surface area contributed by atoms with E-state index in [1.807, 2.05) is 0 Å². The van der Waals surface area contributed by atoms with Gasteiger partial charge in [-0.25, -0.2) is 4.99 Å². The van der Waals surface area contributed by atoms with Gasteiger partial charge in [0, 0.05) is 44.6 Å². The van der Waals surface area contributed by atoms with E-state index in [0.717, 1.165) is 51.5 Å². The molecule has 1 saturated heterocycles. The van der Waals surface area contributed by atoms with Crippen molar-refractivity contribution in [3.8, 4) is 0 Å². The van der Waals surface area contributed by atoms with Crippen LogP contribution in [-0.2, 0) is 11.2 Å². The van der Waals surface area contributed by atoms with Crippen molar-refractivity contribution in [2.75, 3.05) is 53.4 Å². The van der Waals surface area contributed by atoms with E-state index in [1.165, 1.54) is 4.88 Å². The Morgan fingerprint density at radius 1 is 1.37 bits per heavy atom.